The van der Waals surface area contributed by atoms with Gasteiger partial charge in [0.2, 0.25) is 0 Å². The SMILES string of the molecule is Cc1cc(C(=O)NCCOc2ccc(N)cc2)ccc1Br. The van der Waals surface area contributed by atoms with Crippen LogP contribution in [0.15, 0.2) is 46.9 Å². The maximum atomic E-state index is 12.0. The van der Waals surface area contributed by atoms with Gasteiger partial charge < -0.3 is 15.8 Å². The zero-order valence-corrected chi connectivity index (χ0v) is 13.3. The van der Waals surface area contributed by atoms with E-state index in [0.29, 0.717) is 24.4 Å². The number of halogens is 1. The van der Waals surface area contributed by atoms with Crippen LogP contribution in [0.25, 0.3) is 0 Å². The molecule has 0 bridgehead atoms. The summed E-state index contributed by atoms with van der Waals surface area (Å²) in [6, 6.07) is 12.7. The number of nitrogens with two attached hydrogens (primary N) is 1. The molecule has 0 aliphatic rings. The van der Waals surface area contributed by atoms with Crippen LogP contribution in [0.2, 0.25) is 0 Å². The van der Waals surface area contributed by atoms with Gasteiger partial charge in [0, 0.05) is 15.7 Å². The van der Waals surface area contributed by atoms with Crippen LogP contribution in [-0.4, -0.2) is 19.1 Å². The number of ether oxygens (including phenoxy) is 1. The van der Waals surface area contributed by atoms with Crippen molar-refractivity contribution in [3.8, 4) is 5.75 Å². The molecule has 0 aliphatic carbocycles. The van der Waals surface area contributed by atoms with E-state index in [4.69, 9.17) is 10.5 Å². The Hall–Kier alpha value is -2.01. The first kappa shape index (κ1) is 15.4. The van der Waals surface area contributed by atoms with Gasteiger partial charge in [0.25, 0.3) is 5.91 Å². The van der Waals surface area contributed by atoms with E-state index in [2.05, 4.69) is 21.2 Å². The molecule has 110 valence electrons. The Morgan fingerprint density at radius 1 is 1.24 bits per heavy atom. The molecule has 0 fully saturated rings. The summed E-state index contributed by atoms with van der Waals surface area (Å²) in [5.41, 5.74) is 7.96. The quantitative estimate of drug-likeness (QED) is 0.644. The average Bonchev–Trinajstić information content (AvgIpc) is 2.48. The van der Waals surface area contributed by atoms with Crippen molar-refractivity contribution in [1.82, 2.24) is 5.32 Å². The maximum absolute atomic E-state index is 12.0. The normalized spacial score (nSPS) is 10.2. The number of carbonyl (C=O) groups is 1. The van der Waals surface area contributed by atoms with E-state index in [1.165, 1.54) is 0 Å². The van der Waals surface area contributed by atoms with Crippen LogP contribution < -0.4 is 15.8 Å². The van der Waals surface area contributed by atoms with Crippen LogP contribution in [-0.2, 0) is 0 Å². The molecule has 21 heavy (non-hydrogen) atoms. The van der Waals surface area contributed by atoms with E-state index < -0.39 is 0 Å². The minimum absolute atomic E-state index is 0.105. The van der Waals surface area contributed by atoms with Crippen LogP contribution in [0.5, 0.6) is 5.75 Å². The molecule has 2 aromatic carbocycles. The van der Waals surface area contributed by atoms with Gasteiger partial charge in [-0.2, -0.15) is 0 Å². The fraction of sp³-hybridized carbons (Fsp3) is 0.188. The lowest BCUT2D eigenvalue weighted by Crippen LogP contribution is -2.28. The van der Waals surface area contributed by atoms with Crippen molar-refractivity contribution in [2.75, 3.05) is 18.9 Å². The third kappa shape index (κ3) is 4.49. The highest BCUT2D eigenvalue weighted by molar-refractivity contribution is 9.10. The summed E-state index contributed by atoms with van der Waals surface area (Å²) >= 11 is 3.41. The second kappa shape index (κ2) is 7.13. The number of aryl methyl sites for hydroxylation is 1. The summed E-state index contributed by atoms with van der Waals surface area (Å²) in [4.78, 5) is 12.0. The Kier molecular flexibility index (Phi) is 5.22. The van der Waals surface area contributed by atoms with Crippen molar-refractivity contribution < 1.29 is 9.53 Å². The van der Waals surface area contributed by atoms with Crippen molar-refractivity contribution in [3.63, 3.8) is 0 Å². The van der Waals surface area contributed by atoms with Crippen molar-refractivity contribution in [2.24, 2.45) is 0 Å². The Balaban J connectivity index is 1.79. The molecular formula is C16H17BrN2O2. The first-order valence-electron chi connectivity index (χ1n) is 6.59. The van der Waals surface area contributed by atoms with E-state index in [1.807, 2.05) is 19.1 Å². The van der Waals surface area contributed by atoms with Gasteiger partial charge in [-0.15, -0.1) is 0 Å². The third-order valence-corrected chi connectivity index (χ3v) is 3.85. The summed E-state index contributed by atoms with van der Waals surface area (Å²) in [5, 5.41) is 2.82. The first-order valence-corrected chi connectivity index (χ1v) is 7.38. The molecular weight excluding hydrogens is 332 g/mol. The lowest BCUT2D eigenvalue weighted by atomic mass is 10.1. The standard InChI is InChI=1S/C16H17BrN2O2/c1-11-10-12(2-7-15(11)17)16(20)19-8-9-21-14-5-3-13(18)4-6-14/h2-7,10H,8-9,18H2,1H3,(H,19,20). The predicted octanol–water partition coefficient (Wildman–Crippen LogP) is 3.15. The minimum atomic E-state index is -0.105. The Morgan fingerprint density at radius 2 is 1.95 bits per heavy atom. The monoisotopic (exact) mass is 348 g/mol. The summed E-state index contributed by atoms with van der Waals surface area (Å²) in [5.74, 6) is 0.629. The van der Waals surface area contributed by atoms with E-state index in [0.717, 1.165) is 15.8 Å². The molecule has 0 atom stereocenters. The van der Waals surface area contributed by atoms with Gasteiger partial charge in [0.1, 0.15) is 12.4 Å². The summed E-state index contributed by atoms with van der Waals surface area (Å²) < 4.78 is 6.50. The molecule has 3 N–H and O–H groups in total. The van der Waals surface area contributed by atoms with Gasteiger partial charge in [-0.1, -0.05) is 15.9 Å². The van der Waals surface area contributed by atoms with Crippen LogP contribution in [0.3, 0.4) is 0 Å². The first-order chi connectivity index (χ1) is 10.1. The highest BCUT2D eigenvalue weighted by Crippen LogP contribution is 2.17. The van der Waals surface area contributed by atoms with Gasteiger partial charge in [0.05, 0.1) is 6.54 Å². The molecule has 5 heteroatoms. The largest absolute Gasteiger partial charge is 0.492 e. The number of benzene rings is 2. The molecule has 1 amide bonds. The topological polar surface area (TPSA) is 64.3 Å². The smallest absolute Gasteiger partial charge is 0.251 e. The molecule has 0 heterocycles. The van der Waals surface area contributed by atoms with Gasteiger partial charge in [-0.05, 0) is 55.0 Å². The molecule has 0 radical (unpaired) electrons. The summed E-state index contributed by atoms with van der Waals surface area (Å²) in [6.07, 6.45) is 0. The second-order valence-electron chi connectivity index (χ2n) is 4.64. The summed E-state index contributed by atoms with van der Waals surface area (Å²) in [7, 11) is 0. The summed E-state index contributed by atoms with van der Waals surface area (Å²) in [6.45, 7) is 2.80. The number of nitrogen functional groups attached to an aromatic ring is 1. The number of carbonyl (C=O) groups excluding carboxylic acids is 1. The second-order valence-corrected chi connectivity index (χ2v) is 5.49. The molecule has 4 nitrogen and oxygen atoms in total. The third-order valence-electron chi connectivity index (χ3n) is 2.96. The lowest BCUT2D eigenvalue weighted by molar-refractivity contribution is 0.0947. The fourth-order valence-electron chi connectivity index (χ4n) is 1.79. The number of rotatable bonds is 5. The van der Waals surface area contributed by atoms with Crippen molar-refractivity contribution in [3.05, 3.63) is 58.1 Å². The lowest BCUT2D eigenvalue weighted by Gasteiger charge is -2.09. The minimum Gasteiger partial charge on any atom is -0.492 e. The van der Waals surface area contributed by atoms with Gasteiger partial charge in [-0.3, -0.25) is 4.79 Å². The molecule has 2 aromatic rings. The molecule has 0 saturated heterocycles. The molecule has 0 unspecified atom stereocenters. The van der Waals surface area contributed by atoms with Crippen LogP contribution in [0.1, 0.15) is 15.9 Å². The van der Waals surface area contributed by atoms with Crippen LogP contribution >= 0.6 is 15.9 Å². The Morgan fingerprint density at radius 3 is 2.62 bits per heavy atom. The van der Waals surface area contributed by atoms with E-state index in [1.54, 1.807) is 30.3 Å². The Labute approximate surface area is 132 Å². The number of amides is 1. The van der Waals surface area contributed by atoms with Gasteiger partial charge in [-0.25, -0.2) is 0 Å². The average molecular weight is 349 g/mol. The van der Waals surface area contributed by atoms with Gasteiger partial charge >= 0.3 is 0 Å². The molecule has 0 aliphatic heterocycles. The zero-order chi connectivity index (χ0) is 15.2. The highest BCUT2D eigenvalue weighted by Gasteiger charge is 2.06. The van der Waals surface area contributed by atoms with Crippen LogP contribution in [0.4, 0.5) is 5.69 Å². The van der Waals surface area contributed by atoms with E-state index in [-0.39, 0.29) is 5.91 Å². The maximum Gasteiger partial charge on any atom is 0.251 e. The molecule has 0 saturated carbocycles. The molecule has 0 aromatic heterocycles. The molecule has 0 spiro atoms. The number of nitrogens with one attached hydrogen (secondary N) is 1. The predicted molar refractivity (Wildman–Crippen MR) is 87.6 cm³/mol. The number of hydrogen-bond donors (Lipinski definition) is 2. The number of hydrogen-bond acceptors (Lipinski definition) is 3. The van der Waals surface area contributed by atoms with E-state index in [9.17, 15) is 4.79 Å². The van der Waals surface area contributed by atoms with E-state index >= 15 is 0 Å². The van der Waals surface area contributed by atoms with Crippen molar-refractivity contribution >= 4 is 27.5 Å². The Bertz CT molecular complexity index is 627. The zero-order valence-electron chi connectivity index (χ0n) is 11.7. The van der Waals surface area contributed by atoms with Crippen LogP contribution in [0, 0.1) is 6.92 Å². The number of anilines is 1. The fourth-order valence-corrected chi connectivity index (χ4v) is 2.03. The molecule has 2 rings (SSSR count). The van der Waals surface area contributed by atoms with Gasteiger partial charge in [0.15, 0.2) is 0 Å². The highest BCUT2D eigenvalue weighted by atomic mass is 79.9. The van der Waals surface area contributed by atoms with Crippen molar-refractivity contribution in [1.29, 1.82) is 0 Å². The van der Waals surface area contributed by atoms with Crippen molar-refractivity contribution in [2.45, 2.75) is 6.92 Å².